The lowest BCUT2D eigenvalue weighted by Gasteiger charge is -2.24. The number of benzene rings is 2. The van der Waals surface area contributed by atoms with Crippen LogP contribution in [0.3, 0.4) is 0 Å². The van der Waals surface area contributed by atoms with Crippen LogP contribution in [0.5, 0.6) is 0 Å². The molecule has 2 atom stereocenters. The molecule has 0 saturated heterocycles. The zero-order valence-corrected chi connectivity index (χ0v) is 19.4. The van der Waals surface area contributed by atoms with Crippen molar-refractivity contribution >= 4 is 16.8 Å². The molecule has 1 heterocycles. The topological polar surface area (TPSA) is 86.8 Å². The number of hydroxylamine groups is 1. The van der Waals surface area contributed by atoms with Crippen LogP contribution in [0.4, 0.5) is 0 Å². The number of hydrogen-bond acceptors (Lipinski definition) is 5. The van der Waals surface area contributed by atoms with Gasteiger partial charge in [0.05, 0.1) is 25.7 Å². The van der Waals surface area contributed by atoms with Gasteiger partial charge in [-0.15, -0.1) is 0 Å². The maximum atomic E-state index is 11.7. The number of methoxy groups -OCH3 is 1. The van der Waals surface area contributed by atoms with Crippen molar-refractivity contribution in [2.24, 2.45) is 5.92 Å². The van der Waals surface area contributed by atoms with E-state index in [2.05, 4.69) is 58.3 Å². The van der Waals surface area contributed by atoms with Crippen LogP contribution in [0.25, 0.3) is 10.9 Å². The highest BCUT2D eigenvalue weighted by atomic mass is 16.5. The van der Waals surface area contributed by atoms with Gasteiger partial charge in [0.1, 0.15) is 5.92 Å². The fourth-order valence-corrected chi connectivity index (χ4v) is 4.23. The lowest BCUT2D eigenvalue weighted by molar-refractivity contribution is -0.132. The first-order valence-corrected chi connectivity index (χ1v) is 11.6. The fraction of sp³-hybridized carbons (Fsp3) is 0.370. The lowest BCUT2D eigenvalue weighted by atomic mass is 9.79. The van der Waals surface area contributed by atoms with E-state index in [-0.39, 0.29) is 5.92 Å². The van der Waals surface area contributed by atoms with E-state index in [1.54, 1.807) is 12.6 Å². The first-order chi connectivity index (χ1) is 16.7. The van der Waals surface area contributed by atoms with Crippen LogP contribution in [0, 0.1) is 17.8 Å². The van der Waals surface area contributed by atoms with E-state index in [9.17, 15) is 4.79 Å². The standard InChI is InChI=1S/C27H31N3O4/c1-33-16-17-34-15-14-30(13-12-22-18-28-26-5-3-2-4-24(22)26)19-20-6-8-21(9-7-20)23-10-11-25(23)27(31)29-32/h2-9,18,23,25,28,32H,12-17,19H2,1H3,(H,29,31). The molecule has 7 nitrogen and oxygen atoms in total. The van der Waals surface area contributed by atoms with Crippen LogP contribution in [-0.2, 0) is 27.2 Å². The molecule has 1 aromatic heterocycles. The number of para-hydroxylation sites is 1. The lowest BCUT2D eigenvalue weighted by Crippen LogP contribution is -2.34. The second-order valence-corrected chi connectivity index (χ2v) is 8.45. The SMILES string of the molecule is COCCOCCN(CCc1c[nH]c2ccccc12)Cc1ccc(C2C#CC2C(=O)NO)cc1. The zero-order chi connectivity index (χ0) is 23.8. The molecule has 1 aliphatic carbocycles. The summed E-state index contributed by atoms with van der Waals surface area (Å²) in [5.74, 6) is 4.72. The number of fused-ring (bicyclic) bond motifs is 1. The van der Waals surface area contributed by atoms with E-state index in [1.807, 2.05) is 18.2 Å². The van der Waals surface area contributed by atoms with Crippen LogP contribution in [0.1, 0.15) is 22.6 Å². The molecule has 0 saturated carbocycles. The van der Waals surface area contributed by atoms with Gasteiger partial charge in [0, 0.05) is 43.8 Å². The number of ether oxygens (including phenoxy) is 2. The summed E-state index contributed by atoms with van der Waals surface area (Å²) < 4.78 is 10.8. The van der Waals surface area contributed by atoms with E-state index in [1.165, 1.54) is 16.5 Å². The third kappa shape index (κ3) is 5.85. The molecule has 2 aromatic carbocycles. The largest absolute Gasteiger partial charge is 0.382 e. The highest BCUT2D eigenvalue weighted by Crippen LogP contribution is 2.30. The fourth-order valence-electron chi connectivity index (χ4n) is 4.23. The molecule has 7 heteroatoms. The smallest absolute Gasteiger partial charge is 0.260 e. The average Bonchev–Trinajstić information content (AvgIpc) is 3.25. The van der Waals surface area contributed by atoms with Crippen molar-refractivity contribution in [2.75, 3.05) is 40.0 Å². The van der Waals surface area contributed by atoms with Gasteiger partial charge in [-0.1, -0.05) is 54.3 Å². The summed E-state index contributed by atoms with van der Waals surface area (Å²) in [6.45, 7) is 4.35. The Kier molecular flexibility index (Phi) is 8.34. The number of nitrogens with zero attached hydrogens (tertiary/aromatic N) is 1. The molecule has 2 unspecified atom stereocenters. The van der Waals surface area contributed by atoms with Crippen molar-refractivity contribution in [3.05, 3.63) is 71.4 Å². The van der Waals surface area contributed by atoms with Gasteiger partial charge in [0.15, 0.2) is 0 Å². The second kappa shape index (κ2) is 11.8. The van der Waals surface area contributed by atoms with Crippen LogP contribution >= 0.6 is 0 Å². The molecule has 4 rings (SSSR count). The predicted octanol–water partition coefficient (Wildman–Crippen LogP) is 3.10. The van der Waals surface area contributed by atoms with E-state index in [0.717, 1.165) is 37.1 Å². The van der Waals surface area contributed by atoms with Crippen molar-refractivity contribution < 1.29 is 19.5 Å². The number of amides is 1. The number of nitrogens with one attached hydrogen (secondary N) is 2. The number of carbonyl (C=O) groups is 1. The highest BCUT2D eigenvalue weighted by Gasteiger charge is 2.32. The van der Waals surface area contributed by atoms with Gasteiger partial charge in [-0.25, -0.2) is 5.48 Å². The Hall–Kier alpha value is -3.15. The highest BCUT2D eigenvalue weighted by molar-refractivity contribution is 5.84. The Balaban J connectivity index is 1.38. The van der Waals surface area contributed by atoms with E-state index >= 15 is 0 Å². The molecule has 1 aliphatic rings. The van der Waals surface area contributed by atoms with Gasteiger partial charge < -0.3 is 14.5 Å². The quantitative estimate of drug-likeness (QED) is 0.158. The van der Waals surface area contributed by atoms with Crippen LogP contribution in [0.15, 0.2) is 54.7 Å². The van der Waals surface area contributed by atoms with Gasteiger partial charge in [-0.2, -0.15) is 0 Å². The van der Waals surface area contributed by atoms with E-state index < -0.39 is 11.8 Å². The number of aromatic nitrogens is 1. The Labute approximate surface area is 200 Å². The number of H-pyrrole nitrogens is 1. The predicted molar refractivity (Wildman–Crippen MR) is 130 cm³/mol. The normalized spacial score (nSPS) is 16.8. The zero-order valence-electron chi connectivity index (χ0n) is 19.4. The minimum Gasteiger partial charge on any atom is -0.382 e. The molecule has 3 aromatic rings. The average molecular weight is 462 g/mol. The molecular weight excluding hydrogens is 430 g/mol. The number of hydrogen-bond donors (Lipinski definition) is 3. The third-order valence-electron chi connectivity index (χ3n) is 6.22. The van der Waals surface area contributed by atoms with Gasteiger partial charge in [-0.3, -0.25) is 14.9 Å². The summed E-state index contributed by atoms with van der Waals surface area (Å²) in [6.07, 6.45) is 3.04. The van der Waals surface area contributed by atoms with Gasteiger partial charge in [0.25, 0.3) is 5.91 Å². The maximum Gasteiger partial charge on any atom is 0.260 e. The minimum absolute atomic E-state index is 0.173. The summed E-state index contributed by atoms with van der Waals surface area (Å²) >= 11 is 0. The summed E-state index contributed by atoms with van der Waals surface area (Å²) in [4.78, 5) is 17.5. The van der Waals surface area contributed by atoms with Crippen molar-refractivity contribution in [3.63, 3.8) is 0 Å². The molecule has 3 N–H and O–H groups in total. The summed E-state index contributed by atoms with van der Waals surface area (Å²) in [6, 6.07) is 16.6. The van der Waals surface area contributed by atoms with Crippen molar-refractivity contribution in [2.45, 2.75) is 18.9 Å². The first kappa shape index (κ1) is 24.0. The van der Waals surface area contributed by atoms with Crippen LogP contribution < -0.4 is 5.48 Å². The molecule has 178 valence electrons. The molecular formula is C27H31N3O4. The Morgan fingerprint density at radius 3 is 2.65 bits per heavy atom. The molecule has 0 fully saturated rings. The van der Waals surface area contributed by atoms with E-state index in [0.29, 0.717) is 19.8 Å². The minimum atomic E-state index is -0.493. The van der Waals surface area contributed by atoms with Gasteiger partial charge in [0.2, 0.25) is 0 Å². The van der Waals surface area contributed by atoms with Crippen molar-refractivity contribution in [3.8, 4) is 11.8 Å². The molecule has 34 heavy (non-hydrogen) atoms. The van der Waals surface area contributed by atoms with Crippen molar-refractivity contribution in [1.82, 2.24) is 15.4 Å². The summed E-state index contributed by atoms with van der Waals surface area (Å²) in [5.41, 5.74) is 6.36. The summed E-state index contributed by atoms with van der Waals surface area (Å²) in [5, 5.41) is 10.2. The van der Waals surface area contributed by atoms with Gasteiger partial charge >= 0.3 is 0 Å². The molecule has 0 aliphatic heterocycles. The second-order valence-electron chi connectivity index (χ2n) is 8.45. The van der Waals surface area contributed by atoms with Crippen LogP contribution in [-0.4, -0.2) is 61.0 Å². The maximum absolute atomic E-state index is 11.7. The molecule has 0 radical (unpaired) electrons. The molecule has 1 amide bonds. The Morgan fingerprint density at radius 2 is 1.91 bits per heavy atom. The van der Waals surface area contributed by atoms with Gasteiger partial charge in [-0.05, 0) is 29.2 Å². The molecule has 0 bridgehead atoms. The van der Waals surface area contributed by atoms with Crippen molar-refractivity contribution in [1.29, 1.82) is 0 Å². The number of rotatable bonds is 13. The summed E-state index contributed by atoms with van der Waals surface area (Å²) in [7, 11) is 1.67. The Morgan fingerprint density at radius 1 is 1.09 bits per heavy atom. The number of carbonyl (C=O) groups excluding carboxylic acids is 1. The van der Waals surface area contributed by atoms with Crippen LogP contribution in [0.2, 0.25) is 0 Å². The monoisotopic (exact) mass is 461 g/mol. The number of aromatic amines is 1. The molecule has 0 spiro atoms. The Bertz CT molecular complexity index is 1150. The first-order valence-electron chi connectivity index (χ1n) is 11.6. The van der Waals surface area contributed by atoms with E-state index in [4.69, 9.17) is 14.7 Å². The third-order valence-corrected chi connectivity index (χ3v) is 6.22.